The molecule has 0 amide bonds. The van der Waals surface area contributed by atoms with Crippen molar-refractivity contribution in [3.05, 3.63) is 59.7 Å². The van der Waals surface area contributed by atoms with Crippen LogP contribution in [0, 0.1) is 24.4 Å². The summed E-state index contributed by atoms with van der Waals surface area (Å²) in [4.78, 5) is 2.69. The Labute approximate surface area is 150 Å². The summed E-state index contributed by atoms with van der Waals surface area (Å²) < 4.78 is 76.9. The molecule has 1 heterocycles. The molecular weight excluding hydrogens is 391 g/mol. The normalized spacial score (nSPS) is 11.4. The highest BCUT2D eigenvalue weighted by Crippen LogP contribution is 2.30. The standard InChI is InChI=1S/C15H10F3N3O3S2/c1-8-2-9(16)4-10(3-8)24-13-5-12(18)14(6-11(13)17)26(22,23)21-15-19-7-20-25-15/h2-7H,1H3,(H,19,20,21). The fraction of sp³-hybridized carbons (Fsp3) is 0.0667. The average molecular weight is 401 g/mol. The van der Waals surface area contributed by atoms with Crippen molar-refractivity contribution in [2.45, 2.75) is 11.8 Å². The van der Waals surface area contributed by atoms with Gasteiger partial charge in [-0.25, -0.2) is 26.6 Å². The van der Waals surface area contributed by atoms with Gasteiger partial charge in [-0.3, -0.25) is 4.72 Å². The minimum absolute atomic E-state index is 0.0524. The molecule has 6 nitrogen and oxygen atoms in total. The Hall–Kier alpha value is -2.66. The van der Waals surface area contributed by atoms with Crippen molar-refractivity contribution in [3.63, 3.8) is 0 Å². The lowest BCUT2D eigenvalue weighted by atomic mass is 10.2. The summed E-state index contributed by atoms with van der Waals surface area (Å²) in [5.41, 5.74) is 0.515. The van der Waals surface area contributed by atoms with E-state index in [9.17, 15) is 21.6 Å². The Bertz CT molecular complexity index is 1040. The fourth-order valence-corrected chi connectivity index (χ4v) is 3.80. The number of anilines is 1. The molecule has 0 fully saturated rings. The van der Waals surface area contributed by atoms with Crippen molar-refractivity contribution in [1.29, 1.82) is 0 Å². The first-order valence-corrected chi connectivity index (χ1v) is 9.24. The number of nitrogens with one attached hydrogen (secondary N) is 1. The number of aromatic nitrogens is 2. The molecule has 136 valence electrons. The molecule has 0 radical (unpaired) electrons. The smallest absolute Gasteiger partial charge is 0.266 e. The van der Waals surface area contributed by atoms with Gasteiger partial charge in [0.1, 0.15) is 28.6 Å². The van der Waals surface area contributed by atoms with Crippen molar-refractivity contribution >= 4 is 26.7 Å². The topological polar surface area (TPSA) is 81.2 Å². The molecule has 0 aliphatic rings. The molecule has 0 saturated heterocycles. The highest BCUT2D eigenvalue weighted by Gasteiger charge is 2.24. The van der Waals surface area contributed by atoms with Gasteiger partial charge in [0.25, 0.3) is 10.0 Å². The molecule has 0 aliphatic carbocycles. The van der Waals surface area contributed by atoms with E-state index in [1.807, 2.05) is 4.72 Å². The molecule has 1 N–H and O–H groups in total. The number of sulfonamides is 1. The first-order chi connectivity index (χ1) is 12.2. The van der Waals surface area contributed by atoms with Crippen LogP contribution < -0.4 is 9.46 Å². The Balaban J connectivity index is 1.93. The van der Waals surface area contributed by atoms with Gasteiger partial charge in [0.05, 0.1) is 0 Å². The Morgan fingerprint density at radius 3 is 2.50 bits per heavy atom. The molecular formula is C15H10F3N3O3S2. The van der Waals surface area contributed by atoms with Gasteiger partial charge in [-0.2, -0.15) is 4.37 Å². The second kappa shape index (κ2) is 6.92. The van der Waals surface area contributed by atoms with E-state index in [0.717, 1.165) is 23.9 Å². The maximum Gasteiger partial charge on any atom is 0.266 e. The molecule has 0 bridgehead atoms. The van der Waals surface area contributed by atoms with Gasteiger partial charge in [-0.15, -0.1) is 0 Å². The monoisotopic (exact) mass is 401 g/mol. The summed E-state index contributed by atoms with van der Waals surface area (Å²) >= 11 is 0.734. The van der Waals surface area contributed by atoms with Gasteiger partial charge >= 0.3 is 0 Å². The maximum atomic E-state index is 14.2. The number of rotatable bonds is 5. The molecule has 26 heavy (non-hydrogen) atoms. The van der Waals surface area contributed by atoms with Gasteiger partial charge in [-0.1, -0.05) is 0 Å². The summed E-state index contributed by atoms with van der Waals surface area (Å²) in [6, 6.07) is 4.69. The van der Waals surface area contributed by atoms with Crippen LogP contribution in [-0.4, -0.2) is 17.8 Å². The number of ether oxygens (including phenoxy) is 1. The quantitative estimate of drug-likeness (QED) is 0.702. The summed E-state index contributed by atoms with van der Waals surface area (Å²) in [5.74, 6) is -3.62. The van der Waals surface area contributed by atoms with Crippen LogP contribution in [0.15, 0.2) is 41.6 Å². The molecule has 11 heteroatoms. The number of nitrogens with zero attached hydrogens (tertiary/aromatic N) is 2. The number of halogens is 3. The zero-order valence-electron chi connectivity index (χ0n) is 13.0. The number of hydrogen-bond donors (Lipinski definition) is 1. The van der Waals surface area contributed by atoms with Crippen LogP contribution in [0.3, 0.4) is 0 Å². The van der Waals surface area contributed by atoms with Gasteiger partial charge in [0, 0.05) is 29.7 Å². The molecule has 0 saturated carbocycles. The lowest BCUT2D eigenvalue weighted by Crippen LogP contribution is -2.15. The fourth-order valence-electron chi connectivity index (χ4n) is 2.07. The van der Waals surface area contributed by atoms with Crippen LogP contribution in [0.2, 0.25) is 0 Å². The zero-order chi connectivity index (χ0) is 18.9. The number of hydrogen-bond acceptors (Lipinski definition) is 6. The summed E-state index contributed by atoms with van der Waals surface area (Å²) in [7, 11) is -4.41. The van der Waals surface area contributed by atoms with Crippen molar-refractivity contribution in [2.75, 3.05) is 4.72 Å². The van der Waals surface area contributed by atoms with Crippen molar-refractivity contribution in [2.24, 2.45) is 0 Å². The molecule has 0 unspecified atom stereocenters. The number of aryl methyl sites for hydroxylation is 1. The predicted molar refractivity (Wildman–Crippen MR) is 88.3 cm³/mol. The van der Waals surface area contributed by atoms with Gasteiger partial charge < -0.3 is 4.74 Å². The van der Waals surface area contributed by atoms with Crippen molar-refractivity contribution in [3.8, 4) is 11.5 Å². The van der Waals surface area contributed by atoms with E-state index < -0.39 is 38.1 Å². The van der Waals surface area contributed by atoms with Crippen LogP contribution in [0.25, 0.3) is 0 Å². The third-order valence-electron chi connectivity index (χ3n) is 3.10. The molecule has 0 atom stereocenters. The third-order valence-corrected chi connectivity index (χ3v) is 5.17. The lowest BCUT2D eigenvalue weighted by molar-refractivity contribution is 0.429. The predicted octanol–water partition coefficient (Wildman–Crippen LogP) is 3.86. The highest BCUT2D eigenvalue weighted by atomic mass is 32.2. The van der Waals surface area contributed by atoms with Crippen molar-refractivity contribution < 1.29 is 26.3 Å². The SMILES string of the molecule is Cc1cc(F)cc(Oc2cc(F)c(S(=O)(=O)Nc3ncns3)cc2F)c1. The summed E-state index contributed by atoms with van der Waals surface area (Å²) in [5, 5.41) is -0.0969. The van der Waals surface area contributed by atoms with E-state index in [-0.39, 0.29) is 10.9 Å². The van der Waals surface area contributed by atoms with Crippen LogP contribution in [0.4, 0.5) is 18.3 Å². The van der Waals surface area contributed by atoms with Gasteiger partial charge in [-0.05, 0) is 24.6 Å². The van der Waals surface area contributed by atoms with Crippen LogP contribution in [-0.2, 0) is 10.0 Å². The largest absolute Gasteiger partial charge is 0.454 e. The lowest BCUT2D eigenvalue weighted by Gasteiger charge is -2.11. The highest BCUT2D eigenvalue weighted by molar-refractivity contribution is 7.93. The minimum atomic E-state index is -4.41. The van der Waals surface area contributed by atoms with E-state index in [4.69, 9.17) is 4.74 Å². The molecule has 1 aromatic heterocycles. The van der Waals surface area contributed by atoms with Crippen LogP contribution >= 0.6 is 11.5 Å². The molecule has 2 aromatic carbocycles. The van der Waals surface area contributed by atoms with Gasteiger partial charge in [0.2, 0.25) is 5.13 Å². The molecule has 0 aliphatic heterocycles. The summed E-state index contributed by atoms with van der Waals surface area (Å²) in [6.07, 6.45) is 1.11. The maximum absolute atomic E-state index is 14.2. The minimum Gasteiger partial charge on any atom is -0.454 e. The Morgan fingerprint density at radius 1 is 1.08 bits per heavy atom. The van der Waals surface area contributed by atoms with E-state index in [1.54, 1.807) is 6.92 Å². The van der Waals surface area contributed by atoms with Crippen LogP contribution in [0.1, 0.15) is 5.56 Å². The van der Waals surface area contributed by atoms with E-state index >= 15 is 0 Å². The Morgan fingerprint density at radius 2 is 1.85 bits per heavy atom. The summed E-state index contributed by atoms with van der Waals surface area (Å²) in [6.45, 7) is 1.60. The average Bonchev–Trinajstić information content (AvgIpc) is 3.01. The second-order valence-electron chi connectivity index (χ2n) is 5.13. The molecule has 0 spiro atoms. The molecule has 3 aromatic rings. The van der Waals surface area contributed by atoms with Crippen molar-refractivity contribution in [1.82, 2.24) is 9.36 Å². The third kappa shape index (κ3) is 3.94. The van der Waals surface area contributed by atoms with E-state index in [0.29, 0.717) is 17.7 Å². The van der Waals surface area contributed by atoms with Crippen LogP contribution in [0.5, 0.6) is 11.5 Å². The Kier molecular flexibility index (Phi) is 4.83. The first-order valence-electron chi connectivity index (χ1n) is 6.98. The zero-order valence-corrected chi connectivity index (χ0v) is 14.7. The second-order valence-corrected chi connectivity index (χ2v) is 7.56. The van der Waals surface area contributed by atoms with Gasteiger partial charge in [0.15, 0.2) is 11.6 Å². The number of benzene rings is 2. The van der Waals surface area contributed by atoms with E-state index in [1.165, 1.54) is 12.1 Å². The van der Waals surface area contributed by atoms with E-state index in [2.05, 4.69) is 9.36 Å². The first kappa shape index (κ1) is 18.1. The molecule has 3 rings (SSSR count).